The highest BCUT2D eigenvalue weighted by Crippen LogP contribution is 2.37. The third kappa shape index (κ3) is 5.41. The number of nitrogens with one attached hydrogen (secondary N) is 1. The first-order chi connectivity index (χ1) is 16.1. The maximum atomic E-state index is 10.0. The number of hydrogen-bond acceptors (Lipinski definition) is 9. The van der Waals surface area contributed by atoms with Crippen LogP contribution in [0.15, 0.2) is 41.6 Å². The summed E-state index contributed by atoms with van der Waals surface area (Å²) in [5.74, 6) is 2.81. The van der Waals surface area contributed by atoms with Crippen molar-refractivity contribution in [3.05, 3.63) is 42.0 Å². The van der Waals surface area contributed by atoms with Gasteiger partial charge in [-0.15, -0.1) is 0 Å². The molecule has 1 heterocycles. The third-order valence-corrected chi connectivity index (χ3v) is 5.19. The Labute approximate surface area is 197 Å². The minimum atomic E-state index is 0.312. The molecular formula is C24H26N4O4S. The molecule has 172 valence electrons. The van der Waals surface area contributed by atoms with Crippen LogP contribution in [0.4, 0.5) is 11.5 Å². The van der Waals surface area contributed by atoms with Crippen LogP contribution in [0.3, 0.4) is 0 Å². The number of rotatable bonds is 10. The van der Waals surface area contributed by atoms with Crippen LogP contribution in [0, 0.1) is 11.3 Å². The second-order valence-corrected chi connectivity index (χ2v) is 7.39. The van der Waals surface area contributed by atoms with Crippen LogP contribution in [0.5, 0.6) is 23.0 Å². The summed E-state index contributed by atoms with van der Waals surface area (Å²) in [7, 11) is 3.14. The first-order valence-electron chi connectivity index (χ1n) is 10.3. The lowest BCUT2D eigenvalue weighted by Crippen LogP contribution is -2.04. The van der Waals surface area contributed by atoms with Gasteiger partial charge in [0.1, 0.15) is 11.6 Å². The Kier molecular flexibility index (Phi) is 8.22. The standard InChI is InChI=1S/C24H26N4O4S/c1-6-31-19-11-9-16(13-21(19)32-7-2)26-23-17(14-25)22(27-24(28-23)33-5)15-8-10-18(29-3)20(12-15)30-4/h8-13H,6-7H2,1-5H3,(H,26,27,28). The second kappa shape index (κ2) is 11.3. The predicted molar refractivity (Wildman–Crippen MR) is 129 cm³/mol. The van der Waals surface area contributed by atoms with Crippen molar-refractivity contribution in [2.75, 3.05) is 39.0 Å². The lowest BCUT2D eigenvalue weighted by molar-refractivity contribution is 0.288. The van der Waals surface area contributed by atoms with E-state index in [1.54, 1.807) is 26.4 Å². The highest BCUT2D eigenvalue weighted by atomic mass is 32.2. The molecule has 0 radical (unpaired) electrons. The number of nitriles is 1. The van der Waals surface area contributed by atoms with E-state index in [9.17, 15) is 5.26 Å². The number of ether oxygens (including phenoxy) is 4. The number of thioether (sulfide) groups is 1. The molecule has 0 aliphatic heterocycles. The summed E-state index contributed by atoms with van der Waals surface area (Å²) in [6.07, 6.45) is 1.88. The van der Waals surface area contributed by atoms with Crippen molar-refractivity contribution >= 4 is 23.3 Å². The molecule has 0 saturated carbocycles. The lowest BCUT2D eigenvalue weighted by Gasteiger charge is -2.15. The second-order valence-electron chi connectivity index (χ2n) is 6.62. The van der Waals surface area contributed by atoms with E-state index in [1.807, 2.05) is 44.4 Å². The SMILES string of the molecule is CCOc1ccc(Nc2nc(SC)nc(-c3ccc(OC)c(OC)c3)c2C#N)cc1OCC. The molecular weight excluding hydrogens is 440 g/mol. The van der Waals surface area contributed by atoms with E-state index >= 15 is 0 Å². The molecule has 1 aromatic heterocycles. The Morgan fingerprint density at radius 2 is 1.61 bits per heavy atom. The molecule has 1 N–H and O–H groups in total. The fraction of sp³-hybridized carbons (Fsp3) is 0.292. The zero-order valence-electron chi connectivity index (χ0n) is 19.3. The van der Waals surface area contributed by atoms with Crippen molar-refractivity contribution in [3.63, 3.8) is 0 Å². The minimum Gasteiger partial charge on any atom is -0.493 e. The number of methoxy groups -OCH3 is 2. The quantitative estimate of drug-likeness (QED) is 0.315. The predicted octanol–water partition coefficient (Wildman–Crippen LogP) is 5.30. The molecule has 0 spiro atoms. The van der Waals surface area contributed by atoms with Gasteiger partial charge >= 0.3 is 0 Å². The van der Waals surface area contributed by atoms with Gasteiger partial charge in [-0.25, -0.2) is 9.97 Å². The number of nitrogens with zero attached hydrogens (tertiary/aromatic N) is 3. The van der Waals surface area contributed by atoms with Crippen LogP contribution in [0.25, 0.3) is 11.3 Å². The number of hydrogen-bond donors (Lipinski definition) is 1. The summed E-state index contributed by atoms with van der Waals surface area (Å²) >= 11 is 1.39. The van der Waals surface area contributed by atoms with E-state index in [0.29, 0.717) is 69.7 Å². The van der Waals surface area contributed by atoms with Gasteiger partial charge in [-0.3, -0.25) is 0 Å². The van der Waals surface area contributed by atoms with Crippen molar-refractivity contribution in [1.29, 1.82) is 5.26 Å². The Morgan fingerprint density at radius 3 is 2.24 bits per heavy atom. The Hall–Kier alpha value is -3.64. The molecule has 3 rings (SSSR count). The zero-order chi connectivity index (χ0) is 23.8. The molecule has 0 unspecified atom stereocenters. The minimum absolute atomic E-state index is 0.312. The van der Waals surface area contributed by atoms with Gasteiger partial charge < -0.3 is 24.3 Å². The largest absolute Gasteiger partial charge is 0.493 e. The van der Waals surface area contributed by atoms with Gasteiger partial charge in [0.25, 0.3) is 0 Å². The summed E-state index contributed by atoms with van der Waals surface area (Å²) < 4.78 is 22.1. The third-order valence-electron chi connectivity index (χ3n) is 4.65. The highest BCUT2D eigenvalue weighted by molar-refractivity contribution is 7.98. The van der Waals surface area contributed by atoms with E-state index < -0.39 is 0 Å². The Morgan fingerprint density at radius 1 is 0.909 bits per heavy atom. The molecule has 0 saturated heterocycles. The van der Waals surface area contributed by atoms with Gasteiger partial charge in [0.05, 0.1) is 33.1 Å². The van der Waals surface area contributed by atoms with Gasteiger partial charge in [-0.2, -0.15) is 5.26 Å². The first-order valence-corrected chi connectivity index (χ1v) is 11.6. The Balaban J connectivity index is 2.09. The smallest absolute Gasteiger partial charge is 0.189 e. The van der Waals surface area contributed by atoms with E-state index in [4.69, 9.17) is 18.9 Å². The average Bonchev–Trinajstić information content (AvgIpc) is 2.84. The van der Waals surface area contributed by atoms with Crippen LogP contribution in [0.1, 0.15) is 19.4 Å². The highest BCUT2D eigenvalue weighted by Gasteiger charge is 2.18. The van der Waals surface area contributed by atoms with Crippen molar-refractivity contribution in [2.24, 2.45) is 0 Å². The first kappa shape index (κ1) is 24.0. The summed E-state index contributed by atoms with van der Waals surface area (Å²) in [5.41, 5.74) is 2.23. The molecule has 9 heteroatoms. The maximum absolute atomic E-state index is 10.0. The van der Waals surface area contributed by atoms with Crippen LogP contribution in [-0.4, -0.2) is 43.7 Å². The van der Waals surface area contributed by atoms with Crippen molar-refractivity contribution in [2.45, 2.75) is 19.0 Å². The molecule has 0 bridgehead atoms. The maximum Gasteiger partial charge on any atom is 0.189 e. The molecule has 2 aromatic carbocycles. The van der Waals surface area contributed by atoms with Crippen LogP contribution < -0.4 is 24.3 Å². The molecule has 8 nitrogen and oxygen atoms in total. The summed E-state index contributed by atoms with van der Waals surface area (Å²) in [6, 6.07) is 13.2. The lowest BCUT2D eigenvalue weighted by atomic mass is 10.1. The van der Waals surface area contributed by atoms with Gasteiger partial charge in [0.2, 0.25) is 0 Å². The van der Waals surface area contributed by atoms with Gasteiger partial charge in [0, 0.05) is 17.3 Å². The van der Waals surface area contributed by atoms with Gasteiger partial charge in [0.15, 0.2) is 34.0 Å². The number of benzene rings is 2. The molecule has 0 fully saturated rings. The number of anilines is 2. The average molecular weight is 467 g/mol. The van der Waals surface area contributed by atoms with Gasteiger partial charge in [-0.05, 0) is 50.4 Å². The molecule has 0 atom stereocenters. The van der Waals surface area contributed by atoms with E-state index in [1.165, 1.54) is 11.8 Å². The molecule has 0 aliphatic carbocycles. The van der Waals surface area contributed by atoms with Crippen LogP contribution >= 0.6 is 11.8 Å². The van der Waals surface area contributed by atoms with Crippen LogP contribution in [-0.2, 0) is 0 Å². The summed E-state index contributed by atoms with van der Waals surface area (Å²) in [4.78, 5) is 9.14. The monoisotopic (exact) mass is 466 g/mol. The van der Waals surface area contributed by atoms with Crippen molar-refractivity contribution in [1.82, 2.24) is 9.97 Å². The van der Waals surface area contributed by atoms with Crippen LogP contribution in [0.2, 0.25) is 0 Å². The molecule has 3 aromatic rings. The molecule has 0 amide bonds. The number of aromatic nitrogens is 2. The van der Waals surface area contributed by atoms with Gasteiger partial charge in [-0.1, -0.05) is 11.8 Å². The Bertz CT molecular complexity index is 1160. The van der Waals surface area contributed by atoms with E-state index in [0.717, 1.165) is 0 Å². The fourth-order valence-corrected chi connectivity index (χ4v) is 3.55. The molecule has 33 heavy (non-hydrogen) atoms. The van der Waals surface area contributed by atoms with Crippen molar-refractivity contribution < 1.29 is 18.9 Å². The zero-order valence-corrected chi connectivity index (χ0v) is 20.1. The summed E-state index contributed by atoms with van der Waals surface area (Å²) in [6.45, 7) is 4.86. The normalized spacial score (nSPS) is 10.3. The summed E-state index contributed by atoms with van der Waals surface area (Å²) in [5, 5.41) is 13.8. The van der Waals surface area contributed by atoms with E-state index in [-0.39, 0.29) is 0 Å². The fourth-order valence-electron chi connectivity index (χ4n) is 3.19. The topological polar surface area (TPSA) is 98.5 Å². The molecule has 0 aliphatic rings. The van der Waals surface area contributed by atoms with Crippen molar-refractivity contribution in [3.8, 4) is 40.3 Å². The van der Waals surface area contributed by atoms with E-state index in [2.05, 4.69) is 21.4 Å².